The molecule has 1 aliphatic carbocycles. The topological polar surface area (TPSA) is 95.9 Å². The van der Waals surface area contributed by atoms with E-state index in [2.05, 4.69) is 0 Å². The molecule has 2 aromatic rings. The van der Waals surface area contributed by atoms with Gasteiger partial charge in [-0.2, -0.15) is 13.2 Å². The Labute approximate surface area is 192 Å². The maximum absolute atomic E-state index is 13.6. The summed E-state index contributed by atoms with van der Waals surface area (Å²) in [5.74, 6) is -2.90. The van der Waals surface area contributed by atoms with E-state index in [1.807, 2.05) is 48.5 Å². The summed E-state index contributed by atoms with van der Waals surface area (Å²) in [4.78, 5) is 36.7. The molecule has 0 bridgehead atoms. The number of ether oxygens (including phenoxy) is 1. The molecular weight excluding hydrogens is 453 g/mol. The van der Waals surface area contributed by atoms with Crippen LogP contribution in [0.1, 0.15) is 23.5 Å². The van der Waals surface area contributed by atoms with Crippen molar-refractivity contribution in [2.45, 2.75) is 24.6 Å². The fourth-order valence-electron chi connectivity index (χ4n) is 4.29. The van der Waals surface area contributed by atoms with Crippen LogP contribution in [0.5, 0.6) is 0 Å². The minimum absolute atomic E-state index is 0.0251. The first-order valence-electron chi connectivity index (χ1n) is 10.6. The van der Waals surface area contributed by atoms with Gasteiger partial charge < -0.3 is 20.1 Å². The van der Waals surface area contributed by atoms with Gasteiger partial charge in [0.2, 0.25) is 6.04 Å². The van der Waals surface area contributed by atoms with Crippen LogP contribution in [-0.4, -0.2) is 59.9 Å². The maximum Gasteiger partial charge on any atom is 0.417 e. The standard InChI is InChI=1S/C24H21F3N2O5/c25-24(26,27)20(21(30)29-11-9-14(10-12-29)22(31)32)28-23(33)34-13-19-17-7-3-1-5-15(17)16-6-2-4-8-18(16)19/h1-9,19-20H,10-13H2,(H,28,33)(H,31,32). The number of rotatable bonds is 5. The normalized spacial score (nSPS) is 16.2. The number of hydrogen-bond acceptors (Lipinski definition) is 4. The summed E-state index contributed by atoms with van der Waals surface area (Å²) in [5.41, 5.74) is 3.75. The summed E-state index contributed by atoms with van der Waals surface area (Å²) in [7, 11) is 0. The van der Waals surface area contributed by atoms with E-state index in [1.54, 1.807) is 5.32 Å². The Morgan fingerprint density at radius 2 is 1.65 bits per heavy atom. The lowest BCUT2D eigenvalue weighted by molar-refractivity contribution is -0.174. The van der Waals surface area contributed by atoms with Crippen LogP contribution in [0.4, 0.5) is 18.0 Å². The summed E-state index contributed by atoms with van der Waals surface area (Å²) >= 11 is 0. The quantitative estimate of drug-likeness (QED) is 0.689. The molecule has 0 aromatic heterocycles. The van der Waals surface area contributed by atoms with Gasteiger partial charge in [0.15, 0.2) is 0 Å². The number of benzene rings is 2. The van der Waals surface area contributed by atoms with Gasteiger partial charge in [-0.05, 0) is 28.7 Å². The molecule has 34 heavy (non-hydrogen) atoms. The van der Waals surface area contributed by atoms with Crippen LogP contribution in [0.2, 0.25) is 0 Å². The van der Waals surface area contributed by atoms with Crippen molar-refractivity contribution in [2.75, 3.05) is 19.7 Å². The third kappa shape index (κ3) is 4.61. The molecule has 2 amide bonds. The average molecular weight is 474 g/mol. The molecule has 10 heteroatoms. The highest BCUT2D eigenvalue weighted by atomic mass is 19.4. The molecule has 1 heterocycles. The van der Waals surface area contributed by atoms with Crippen LogP contribution in [0.25, 0.3) is 11.1 Å². The van der Waals surface area contributed by atoms with Crippen LogP contribution < -0.4 is 5.32 Å². The van der Waals surface area contributed by atoms with Crippen molar-refractivity contribution in [3.63, 3.8) is 0 Å². The van der Waals surface area contributed by atoms with Gasteiger partial charge in [-0.3, -0.25) is 4.79 Å². The first-order valence-corrected chi connectivity index (χ1v) is 10.6. The zero-order valence-corrected chi connectivity index (χ0v) is 17.8. The van der Waals surface area contributed by atoms with Crippen LogP contribution in [0, 0.1) is 0 Å². The predicted molar refractivity (Wildman–Crippen MR) is 115 cm³/mol. The van der Waals surface area contributed by atoms with Crippen molar-refractivity contribution in [1.29, 1.82) is 0 Å². The van der Waals surface area contributed by atoms with E-state index >= 15 is 0 Å². The molecule has 0 fully saturated rings. The van der Waals surface area contributed by atoms with E-state index in [9.17, 15) is 27.6 Å². The van der Waals surface area contributed by atoms with Crippen LogP contribution in [0.3, 0.4) is 0 Å². The first kappa shape index (κ1) is 23.3. The van der Waals surface area contributed by atoms with Gasteiger partial charge in [0.25, 0.3) is 5.91 Å². The van der Waals surface area contributed by atoms with Crippen LogP contribution >= 0.6 is 0 Å². The number of nitrogens with zero attached hydrogens (tertiary/aromatic N) is 1. The monoisotopic (exact) mass is 474 g/mol. The molecule has 1 unspecified atom stereocenters. The lowest BCUT2D eigenvalue weighted by Gasteiger charge is -2.30. The number of carboxylic acids is 1. The van der Waals surface area contributed by atoms with E-state index in [4.69, 9.17) is 9.84 Å². The van der Waals surface area contributed by atoms with Crippen molar-refractivity contribution in [3.05, 3.63) is 71.3 Å². The average Bonchev–Trinajstić information content (AvgIpc) is 3.14. The predicted octanol–water partition coefficient (Wildman–Crippen LogP) is 3.70. The van der Waals surface area contributed by atoms with Crippen molar-refractivity contribution in [1.82, 2.24) is 10.2 Å². The third-order valence-corrected chi connectivity index (χ3v) is 5.98. The Hall–Kier alpha value is -3.82. The van der Waals surface area contributed by atoms with Crippen molar-refractivity contribution < 1.29 is 37.4 Å². The summed E-state index contributed by atoms with van der Waals surface area (Å²) in [6.45, 7) is -0.692. The highest BCUT2D eigenvalue weighted by Gasteiger charge is 2.48. The summed E-state index contributed by atoms with van der Waals surface area (Å²) in [6.07, 6.45) is -5.32. The van der Waals surface area contributed by atoms with Gasteiger partial charge in [-0.1, -0.05) is 54.6 Å². The molecule has 2 aromatic carbocycles. The third-order valence-electron chi connectivity index (χ3n) is 5.98. The van der Waals surface area contributed by atoms with Crippen LogP contribution in [0.15, 0.2) is 60.2 Å². The number of carbonyl (C=O) groups is 3. The molecule has 1 atom stereocenters. The smallest absolute Gasteiger partial charge is 0.417 e. The number of carbonyl (C=O) groups excluding carboxylic acids is 2. The second-order valence-corrected chi connectivity index (χ2v) is 8.01. The van der Waals surface area contributed by atoms with Gasteiger partial charge in [-0.25, -0.2) is 9.59 Å². The van der Waals surface area contributed by atoms with Crippen molar-refractivity contribution >= 4 is 18.0 Å². The molecule has 0 saturated carbocycles. The van der Waals surface area contributed by atoms with E-state index < -0.39 is 30.2 Å². The molecule has 178 valence electrons. The Morgan fingerprint density at radius 1 is 1.06 bits per heavy atom. The van der Waals surface area contributed by atoms with Crippen molar-refractivity contribution in [2.24, 2.45) is 0 Å². The lowest BCUT2D eigenvalue weighted by Crippen LogP contribution is -2.56. The Morgan fingerprint density at radius 3 is 2.15 bits per heavy atom. The van der Waals surface area contributed by atoms with E-state index in [0.29, 0.717) is 0 Å². The molecule has 0 spiro atoms. The van der Waals surface area contributed by atoms with Crippen molar-refractivity contribution in [3.8, 4) is 11.1 Å². The van der Waals surface area contributed by atoms with Crippen LogP contribution in [-0.2, 0) is 14.3 Å². The number of alkyl carbamates (subject to hydrolysis) is 1. The lowest BCUT2D eigenvalue weighted by atomic mass is 9.98. The molecule has 2 N–H and O–H groups in total. The molecule has 7 nitrogen and oxygen atoms in total. The number of fused-ring (bicyclic) bond motifs is 3. The Kier molecular flexibility index (Phi) is 6.32. The number of hydrogen-bond donors (Lipinski definition) is 2. The Balaban J connectivity index is 1.44. The molecular formula is C24H21F3N2O5. The van der Waals surface area contributed by atoms with E-state index in [1.165, 1.54) is 6.08 Å². The molecule has 2 aliphatic rings. The summed E-state index contributed by atoms with van der Waals surface area (Å²) in [5, 5.41) is 10.6. The number of amides is 2. The number of aliphatic carboxylic acids is 1. The van der Waals surface area contributed by atoms with Gasteiger partial charge in [0.1, 0.15) is 6.61 Å². The van der Waals surface area contributed by atoms with Gasteiger partial charge in [0, 0.05) is 24.6 Å². The maximum atomic E-state index is 13.6. The van der Waals surface area contributed by atoms with E-state index in [0.717, 1.165) is 27.2 Å². The second-order valence-electron chi connectivity index (χ2n) is 8.01. The highest BCUT2D eigenvalue weighted by molar-refractivity contribution is 5.89. The van der Waals surface area contributed by atoms with Gasteiger partial charge >= 0.3 is 18.2 Å². The number of alkyl halides is 3. The molecule has 1 aliphatic heterocycles. The molecule has 4 rings (SSSR count). The van der Waals surface area contributed by atoms with E-state index in [-0.39, 0.29) is 37.6 Å². The highest BCUT2D eigenvalue weighted by Crippen LogP contribution is 2.44. The fraction of sp³-hybridized carbons (Fsp3) is 0.292. The summed E-state index contributed by atoms with van der Waals surface area (Å²) < 4.78 is 45.9. The van der Waals surface area contributed by atoms with Gasteiger partial charge in [-0.15, -0.1) is 0 Å². The fourth-order valence-corrected chi connectivity index (χ4v) is 4.29. The minimum Gasteiger partial charge on any atom is -0.478 e. The number of carboxylic acid groups (broad SMARTS) is 1. The number of halogens is 3. The summed E-state index contributed by atoms with van der Waals surface area (Å²) in [6, 6.07) is 12.2. The number of nitrogens with one attached hydrogen (secondary N) is 1. The zero-order chi connectivity index (χ0) is 24.5. The Bertz CT molecular complexity index is 1120. The van der Waals surface area contributed by atoms with Gasteiger partial charge in [0.05, 0.1) is 0 Å². The SMILES string of the molecule is O=C(NC(C(=O)N1CC=C(C(=O)O)CC1)C(F)(F)F)OCC1c2ccccc2-c2ccccc21. The zero-order valence-electron chi connectivity index (χ0n) is 17.8. The first-order chi connectivity index (χ1) is 16.2. The molecule has 0 radical (unpaired) electrons. The molecule has 0 saturated heterocycles. The minimum atomic E-state index is -5.06. The largest absolute Gasteiger partial charge is 0.478 e. The second kappa shape index (κ2) is 9.20.